The molecule has 0 bridgehead atoms. The molecule has 0 saturated heterocycles. The lowest BCUT2D eigenvalue weighted by Gasteiger charge is -2.07. The lowest BCUT2D eigenvalue weighted by atomic mass is 10.1. The summed E-state index contributed by atoms with van der Waals surface area (Å²) in [4.78, 5) is 4.18. The Labute approximate surface area is 103 Å². The van der Waals surface area contributed by atoms with E-state index in [2.05, 4.69) is 4.98 Å². The maximum absolute atomic E-state index is 12.4. The molecule has 4 heteroatoms. The molecule has 0 saturated carbocycles. The summed E-state index contributed by atoms with van der Waals surface area (Å²) in [6, 6.07) is 9.00. The second-order valence-electron chi connectivity index (χ2n) is 4.20. The van der Waals surface area contributed by atoms with E-state index in [9.17, 15) is 13.2 Å². The largest absolute Gasteiger partial charge is 0.416 e. The first-order valence-electron chi connectivity index (χ1n) is 5.53. The number of benzene rings is 1. The highest BCUT2D eigenvalue weighted by molar-refractivity contribution is 5.28. The van der Waals surface area contributed by atoms with Crippen LogP contribution in [0.1, 0.15) is 22.4 Å². The van der Waals surface area contributed by atoms with Crippen molar-refractivity contribution in [2.75, 3.05) is 0 Å². The minimum absolute atomic E-state index is 0.541. The van der Waals surface area contributed by atoms with Gasteiger partial charge in [-0.2, -0.15) is 13.2 Å². The molecule has 1 nitrogen and oxygen atoms in total. The fourth-order valence-electron chi connectivity index (χ4n) is 1.72. The topological polar surface area (TPSA) is 12.9 Å². The van der Waals surface area contributed by atoms with Crippen molar-refractivity contribution in [3.8, 4) is 0 Å². The van der Waals surface area contributed by atoms with Crippen LogP contribution in [0.3, 0.4) is 0 Å². The van der Waals surface area contributed by atoms with Crippen molar-refractivity contribution in [1.82, 2.24) is 4.98 Å². The van der Waals surface area contributed by atoms with Crippen molar-refractivity contribution < 1.29 is 13.2 Å². The van der Waals surface area contributed by atoms with Gasteiger partial charge in [0.05, 0.1) is 5.56 Å². The van der Waals surface area contributed by atoms with Crippen LogP contribution in [0.25, 0.3) is 0 Å². The number of hydrogen-bond donors (Lipinski definition) is 0. The predicted octanol–water partition coefficient (Wildman–Crippen LogP) is 4.00. The highest BCUT2D eigenvalue weighted by atomic mass is 19.4. The van der Waals surface area contributed by atoms with Gasteiger partial charge in [0.2, 0.25) is 0 Å². The van der Waals surface area contributed by atoms with Gasteiger partial charge < -0.3 is 0 Å². The molecule has 18 heavy (non-hydrogen) atoms. The average Bonchev–Trinajstić information content (AvgIpc) is 2.28. The SMILES string of the molecule is Cc1ccnc(Cc2ccc(C(F)(F)F)cc2)c1. The van der Waals surface area contributed by atoms with Crippen LogP contribution in [-0.4, -0.2) is 4.98 Å². The summed E-state index contributed by atoms with van der Waals surface area (Å²) in [6.45, 7) is 1.96. The molecule has 0 fully saturated rings. The first-order chi connectivity index (χ1) is 8.45. The summed E-state index contributed by atoms with van der Waals surface area (Å²) >= 11 is 0. The first kappa shape index (κ1) is 12.6. The lowest BCUT2D eigenvalue weighted by molar-refractivity contribution is -0.137. The maximum Gasteiger partial charge on any atom is 0.416 e. The van der Waals surface area contributed by atoms with Crippen molar-refractivity contribution in [3.63, 3.8) is 0 Å². The molecule has 0 aliphatic carbocycles. The molecule has 1 heterocycles. The third kappa shape index (κ3) is 3.09. The van der Waals surface area contributed by atoms with Gasteiger partial charge in [0.1, 0.15) is 0 Å². The van der Waals surface area contributed by atoms with Crippen LogP contribution < -0.4 is 0 Å². The van der Waals surface area contributed by atoms with Crippen molar-refractivity contribution in [2.24, 2.45) is 0 Å². The Kier molecular flexibility index (Phi) is 3.36. The van der Waals surface area contributed by atoms with Gasteiger partial charge in [0.15, 0.2) is 0 Å². The third-order valence-electron chi connectivity index (χ3n) is 2.64. The molecule has 0 N–H and O–H groups in total. The summed E-state index contributed by atoms with van der Waals surface area (Å²) in [5.41, 5.74) is 2.14. The normalized spacial score (nSPS) is 11.6. The van der Waals surface area contributed by atoms with Crippen LogP contribution >= 0.6 is 0 Å². The predicted molar refractivity (Wildman–Crippen MR) is 63.2 cm³/mol. The second-order valence-corrected chi connectivity index (χ2v) is 4.20. The van der Waals surface area contributed by atoms with E-state index in [0.29, 0.717) is 6.42 Å². The zero-order chi connectivity index (χ0) is 13.2. The van der Waals surface area contributed by atoms with Crippen molar-refractivity contribution in [3.05, 3.63) is 65.0 Å². The lowest BCUT2D eigenvalue weighted by Crippen LogP contribution is -2.04. The molecule has 0 unspecified atom stereocenters. The van der Waals surface area contributed by atoms with Crippen LogP contribution in [0.5, 0.6) is 0 Å². The molecule has 1 aromatic heterocycles. The van der Waals surface area contributed by atoms with E-state index >= 15 is 0 Å². The Morgan fingerprint density at radius 1 is 1.06 bits per heavy atom. The Hall–Kier alpha value is -1.84. The molecular weight excluding hydrogens is 239 g/mol. The van der Waals surface area contributed by atoms with Gasteiger partial charge >= 0.3 is 6.18 Å². The van der Waals surface area contributed by atoms with Gasteiger partial charge in [-0.15, -0.1) is 0 Å². The van der Waals surface area contributed by atoms with Crippen LogP contribution in [0.2, 0.25) is 0 Å². The highest BCUT2D eigenvalue weighted by Gasteiger charge is 2.29. The highest BCUT2D eigenvalue weighted by Crippen LogP contribution is 2.29. The van der Waals surface area contributed by atoms with E-state index in [-0.39, 0.29) is 0 Å². The van der Waals surface area contributed by atoms with Gasteiger partial charge in [-0.1, -0.05) is 12.1 Å². The Bertz CT molecular complexity index is 529. The van der Waals surface area contributed by atoms with Crippen molar-refractivity contribution in [2.45, 2.75) is 19.5 Å². The summed E-state index contributed by atoms with van der Waals surface area (Å²) in [7, 11) is 0. The molecule has 0 atom stereocenters. The van der Waals surface area contributed by atoms with Crippen molar-refractivity contribution >= 4 is 0 Å². The monoisotopic (exact) mass is 251 g/mol. The Balaban J connectivity index is 2.16. The van der Waals surface area contributed by atoms with E-state index in [1.165, 1.54) is 12.1 Å². The Morgan fingerprint density at radius 3 is 2.28 bits per heavy atom. The molecule has 94 valence electrons. The summed E-state index contributed by atoms with van der Waals surface area (Å²) in [6.07, 6.45) is -2.03. The molecule has 0 aliphatic heterocycles. The van der Waals surface area contributed by atoms with E-state index in [0.717, 1.165) is 29.0 Å². The number of aryl methyl sites for hydroxylation is 1. The molecule has 0 radical (unpaired) electrons. The summed E-state index contributed by atoms with van der Waals surface area (Å²) in [5, 5.41) is 0. The number of alkyl halides is 3. The first-order valence-corrected chi connectivity index (χ1v) is 5.53. The summed E-state index contributed by atoms with van der Waals surface area (Å²) in [5.74, 6) is 0. The zero-order valence-corrected chi connectivity index (χ0v) is 9.83. The molecule has 2 aromatic rings. The van der Waals surface area contributed by atoms with Crippen LogP contribution in [0.15, 0.2) is 42.6 Å². The number of pyridine rings is 1. The molecule has 2 rings (SSSR count). The molecule has 1 aromatic carbocycles. The smallest absolute Gasteiger partial charge is 0.261 e. The van der Waals surface area contributed by atoms with E-state index in [4.69, 9.17) is 0 Å². The number of rotatable bonds is 2. The fourth-order valence-corrected chi connectivity index (χ4v) is 1.72. The third-order valence-corrected chi connectivity index (χ3v) is 2.64. The van der Waals surface area contributed by atoms with Crippen LogP contribution in [0, 0.1) is 6.92 Å². The van der Waals surface area contributed by atoms with E-state index in [1.807, 2.05) is 19.1 Å². The number of hydrogen-bond acceptors (Lipinski definition) is 1. The molecule has 0 amide bonds. The van der Waals surface area contributed by atoms with Crippen LogP contribution in [-0.2, 0) is 12.6 Å². The zero-order valence-electron chi connectivity index (χ0n) is 9.83. The number of aromatic nitrogens is 1. The van der Waals surface area contributed by atoms with E-state index in [1.54, 1.807) is 6.20 Å². The van der Waals surface area contributed by atoms with Gasteiger partial charge in [-0.25, -0.2) is 0 Å². The van der Waals surface area contributed by atoms with Crippen LogP contribution in [0.4, 0.5) is 13.2 Å². The van der Waals surface area contributed by atoms with Gasteiger partial charge in [-0.3, -0.25) is 4.98 Å². The molecule has 0 spiro atoms. The van der Waals surface area contributed by atoms with Gasteiger partial charge in [-0.05, 0) is 42.3 Å². The quantitative estimate of drug-likeness (QED) is 0.786. The Morgan fingerprint density at radius 2 is 1.72 bits per heavy atom. The minimum Gasteiger partial charge on any atom is -0.261 e. The number of nitrogens with zero attached hydrogens (tertiary/aromatic N) is 1. The minimum atomic E-state index is -4.28. The molecule has 0 aliphatic rings. The van der Waals surface area contributed by atoms with Gasteiger partial charge in [0, 0.05) is 18.3 Å². The average molecular weight is 251 g/mol. The fraction of sp³-hybridized carbons (Fsp3) is 0.214. The maximum atomic E-state index is 12.4. The van der Waals surface area contributed by atoms with E-state index < -0.39 is 11.7 Å². The molecular formula is C14H12F3N. The van der Waals surface area contributed by atoms with Crippen molar-refractivity contribution in [1.29, 1.82) is 0 Å². The second kappa shape index (κ2) is 4.80. The number of halogens is 3. The van der Waals surface area contributed by atoms with Gasteiger partial charge in [0.25, 0.3) is 0 Å². The standard InChI is InChI=1S/C14H12F3N/c1-10-6-7-18-13(8-10)9-11-2-4-12(5-3-11)14(15,16)17/h2-8H,9H2,1H3. The summed E-state index contributed by atoms with van der Waals surface area (Å²) < 4.78 is 37.2.